The monoisotopic (exact) mass is 373 g/mol. The zero-order chi connectivity index (χ0) is 19.0. The van der Waals surface area contributed by atoms with Crippen LogP contribution < -0.4 is 4.72 Å². The number of carbonyl (C=O) groups excluding carboxylic acids is 1. The van der Waals surface area contributed by atoms with Crippen molar-refractivity contribution < 1.29 is 22.7 Å². The summed E-state index contributed by atoms with van der Waals surface area (Å²) in [6, 6.07) is 13.8. The van der Waals surface area contributed by atoms with Crippen molar-refractivity contribution >= 4 is 16.2 Å². The van der Waals surface area contributed by atoms with E-state index in [1.807, 2.05) is 6.92 Å². The molecule has 0 aliphatic carbocycles. The van der Waals surface area contributed by atoms with Gasteiger partial charge in [-0.05, 0) is 30.7 Å². The molecule has 0 saturated heterocycles. The number of rotatable bonds is 5. The van der Waals surface area contributed by atoms with Crippen LogP contribution in [-0.4, -0.2) is 28.3 Å². The molecule has 0 spiro atoms. The molecule has 0 heterocycles. The van der Waals surface area contributed by atoms with Gasteiger partial charge in [0.05, 0.1) is 12.0 Å². The zero-order valence-electron chi connectivity index (χ0n) is 14.5. The minimum Gasteiger partial charge on any atom is -0.438 e. The van der Waals surface area contributed by atoms with E-state index in [0.717, 1.165) is 5.56 Å². The van der Waals surface area contributed by atoms with Crippen LogP contribution in [0.2, 0.25) is 0 Å². The van der Waals surface area contributed by atoms with Crippen LogP contribution in [0.25, 0.3) is 0 Å². The van der Waals surface area contributed by atoms with Gasteiger partial charge in [0.25, 0.3) is 0 Å². The first-order valence-electron chi connectivity index (χ1n) is 7.76. The van der Waals surface area contributed by atoms with Crippen LogP contribution >= 0.6 is 0 Å². The second kappa shape index (κ2) is 9.04. The first-order chi connectivity index (χ1) is 12.4. The second-order valence-corrected chi connectivity index (χ2v) is 7.11. The lowest BCUT2D eigenvalue weighted by Gasteiger charge is -2.08. The van der Waals surface area contributed by atoms with E-state index < -0.39 is 16.2 Å². The fourth-order valence-corrected chi connectivity index (χ4v) is 3.06. The van der Waals surface area contributed by atoms with Gasteiger partial charge in [-0.15, -0.1) is 0 Å². The van der Waals surface area contributed by atoms with Crippen molar-refractivity contribution in [1.82, 2.24) is 4.72 Å². The Labute approximate surface area is 153 Å². The van der Waals surface area contributed by atoms with Gasteiger partial charge < -0.3 is 9.47 Å². The number of aryl methyl sites for hydroxylation is 1. The van der Waals surface area contributed by atoms with Crippen molar-refractivity contribution in [2.45, 2.75) is 18.4 Å². The van der Waals surface area contributed by atoms with Crippen molar-refractivity contribution in [3.05, 3.63) is 65.2 Å². The Bertz CT molecular complexity index is 924. The molecule has 0 aromatic heterocycles. The van der Waals surface area contributed by atoms with Crippen molar-refractivity contribution in [3.8, 4) is 11.8 Å². The van der Waals surface area contributed by atoms with Gasteiger partial charge in [0.15, 0.2) is 6.61 Å². The van der Waals surface area contributed by atoms with Crippen molar-refractivity contribution in [3.63, 3.8) is 0 Å². The molecule has 0 fully saturated rings. The summed E-state index contributed by atoms with van der Waals surface area (Å²) in [6.07, 6.45) is -0.807. The first kappa shape index (κ1) is 19.5. The molecule has 0 saturated carbocycles. The fourth-order valence-electron chi connectivity index (χ4n) is 2.06. The van der Waals surface area contributed by atoms with E-state index in [1.165, 1.54) is 7.11 Å². The molecule has 2 aromatic carbocycles. The highest BCUT2D eigenvalue weighted by molar-refractivity contribution is 7.89. The molecule has 0 bridgehead atoms. The molecule has 0 atom stereocenters. The quantitative estimate of drug-likeness (QED) is 0.644. The van der Waals surface area contributed by atoms with Crippen LogP contribution in [-0.2, 0) is 26.0 Å². The van der Waals surface area contributed by atoms with Crippen LogP contribution in [0.3, 0.4) is 0 Å². The Morgan fingerprint density at radius 3 is 2.50 bits per heavy atom. The van der Waals surface area contributed by atoms with E-state index in [9.17, 15) is 13.2 Å². The number of hydrogen-bond donors (Lipinski definition) is 1. The highest BCUT2D eigenvalue weighted by Crippen LogP contribution is 2.12. The maximum atomic E-state index is 12.4. The Balaban J connectivity index is 2.07. The smallest absolute Gasteiger partial charge is 0.438 e. The van der Waals surface area contributed by atoms with Crippen LogP contribution in [0.1, 0.15) is 16.7 Å². The van der Waals surface area contributed by atoms with Gasteiger partial charge in [-0.2, -0.15) is 0 Å². The lowest BCUT2D eigenvalue weighted by molar-refractivity contribution is 0.0832. The van der Waals surface area contributed by atoms with Crippen LogP contribution in [0.15, 0.2) is 53.4 Å². The molecule has 0 unspecified atom stereocenters. The molecule has 26 heavy (non-hydrogen) atoms. The maximum absolute atomic E-state index is 12.4. The maximum Gasteiger partial charge on any atom is 0.508 e. The predicted octanol–water partition coefficient (Wildman–Crippen LogP) is 2.61. The number of sulfonamides is 1. The summed E-state index contributed by atoms with van der Waals surface area (Å²) in [6.45, 7) is 1.87. The number of hydrogen-bond acceptors (Lipinski definition) is 5. The minimum absolute atomic E-state index is 0.0962. The Morgan fingerprint density at radius 2 is 1.81 bits per heavy atom. The molecule has 2 rings (SSSR count). The number of nitrogens with one attached hydrogen (secondary N) is 1. The molecular formula is C19H19NO5S. The third-order valence-electron chi connectivity index (χ3n) is 3.45. The molecule has 0 aliphatic rings. The summed E-state index contributed by atoms with van der Waals surface area (Å²) >= 11 is 0. The third kappa shape index (κ3) is 5.62. The molecule has 1 N–H and O–H groups in total. The van der Waals surface area contributed by atoms with Crippen LogP contribution in [0.4, 0.5) is 4.79 Å². The van der Waals surface area contributed by atoms with E-state index in [1.54, 1.807) is 48.5 Å². The normalized spacial score (nSPS) is 10.5. The third-order valence-corrected chi connectivity index (χ3v) is 4.87. The molecule has 0 amide bonds. The van der Waals surface area contributed by atoms with Crippen LogP contribution in [0.5, 0.6) is 0 Å². The summed E-state index contributed by atoms with van der Waals surface area (Å²) in [5.41, 5.74) is 2.35. The molecule has 6 nitrogen and oxygen atoms in total. The predicted molar refractivity (Wildman–Crippen MR) is 96.9 cm³/mol. The summed E-state index contributed by atoms with van der Waals surface area (Å²) < 4.78 is 36.4. The van der Waals surface area contributed by atoms with Gasteiger partial charge in [-0.3, -0.25) is 0 Å². The minimum atomic E-state index is -3.62. The van der Waals surface area contributed by atoms with E-state index in [0.29, 0.717) is 11.1 Å². The number of carbonyl (C=O) groups is 1. The summed E-state index contributed by atoms with van der Waals surface area (Å²) in [5.74, 6) is 5.55. The highest BCUT2D eigenvalue weighted by atomic mass is 32.2. The second-order valence-electron chi connectivity index (χ2n) is 5.34. The average Bonchev–Trinajstić information content (AvgIpc) is 2.64. The van der Waals surface area contributed by atoms with E-state index >= 15 is 0 Å². The van der Waals surface area contributed by atoms with E-state index in [4.69, 9.17) is 0 Å². The van der Waals surface area contributed by atoms with Crippen molar-refractivity contribution in [2.75, 3.05) is 13.7 Å². The molecule has 7 heteroatoms. The SMILES string of the molecule is COC(=O)OCC#Cc1ccccc1CNS(=O)(=O)c1ccc(C)cc1. The van der Waals surface area contributed by atoms with Gasteiger partial charge in [-0.1, -0.05) is 47.7 Å². The lowest BCUT2D eigenvalue weighted by Crippen LogP contribution is -2.23. The lowest BCUT2D eigenvalue weighted by atomic mass is 10.1. The average molecular weight is 373 g/mol. The van der Waals surface area contributed by atoms with Gasteiger partial charge in [0, 0.05) is 12.1 Å². The Kier molecular flexibility index (Phi) is 6.78. The van der Waals surface area contributed by atoms with Gasteiger partial charge in [0.2, 0.25) is 10.0 Å². The summed E-state index contributed by atoms with van der Waals surface area (Å²) in [4.78, 5) is 11.1. The van der Waals surface area contributed by atoms with Gasteiger partial charge in [0.1, 0.15) is 0 Å². The summed E-state index contributed by atoms with van der Waals surface area (Å²) in [7, 11) is -2.40. The molecule has 2 aromatic rings. The molecule has 136 valence electrons. The summed E-state index contributed by atoms with van der Waals surface area (Å²) in [5, 5.41) is 0. The largest absolute Gasteiger partial charge is 0.508 e. The number of methoxy groups -OCH3 is 1. The van der Waals surface area contributed by atoms with E-state index in [2.05, 4.69) is 26.0 Å². The molecule has 0 aliphatic heterocycles. The number of benzene rings is 2. The zero-order valence-corrected chi connectivity index (χ0v) is 15.3. The number of ether oxygens (including phenoxy) is 2. The molecule has 0 radical (unpaired) electrons. The van der Waals surface area contributed by atoms with Crippen molar-refractivity contribution in [1.29, 1.82) is 0 Å². The van der Waals surface area contributed by atoms with Crippen LogP contribution in [0, 0.1) is 18.8 Å². The standard InChI is InChI=1S/C19H19NO5S/c1-15-9-11-18(12-10-15)26(22,23)20-14-17-7-4-3-6-16(17)8-5-13-25-19(21)24-2/h3-4,6-7,9-12,20H,13-14H2,1-2H3. The van der Waals surface area contributed by atoms with Gasteiger partial charge >= 0.3 is 6.16 Å². The topological polar surface area (TPSA) is 81.7 Å². The fraction of sp³-hybridized carbons (Fsp3) is 0.211. The Morgan fingerprint density at radius 1 is 1.12 bits per heavy atom. The Hall–Kier alpha value is -2.82. The van der Waals surface area contributed by atoms with Gasteiger partial charge in [-0.25, -0.2) is 17.9 Å². The molecular weight excluding hydrogens is 354 g/mol. The first-order valence-corrected chi connectivity index (χ1v) is 9.24. The van der Waals surface area contributed by atoms with E-state index in [-0.39, 0.29) is 18.0 Å². The highest BCUT2D eigenvalue weighted by Gasteiger charge is 2.13. The van der Waals surface area contributed by atoms with Crippen molar-refractivity contribution in [2.24, 2.45) is 0 Å².